The summed E-state index contributed by atoms with van der Waals surface area (Å²) in [6.45, 7) is 25.6. The van der Waals surface area contributed by atoms with Crippen molar-refractivity contribution in [1.82, 2.24) is 19.6 Å². The van der Waals surface area contributed by atoms with Crippen LogP contribution in [-0.4, -0.2) is 116 Å². The molecule has 258 valence electrons. The van der Waals surface area contributed by atoms with E-state index in [-0.39, 0.29) is 17.7 Å². The van der Waals surface area contributed by atoms with Crippen LogP contribution in [0, 0.1) is 41.4 Å². The molecule has 0 radical (unpaired) electrons. The molecule has 2 aliphatic heterocycles. The van der Waals surface area contributed by atoms with Crippen LogP contribution in [0.1, 0.15) is 100 Å². The number of rotatable bonds is 13. The first-order valence-corrected chi connectivity index (χ1v) is 17.5. The molecule has 45 heavy (non-hydrogen) atoms. The van der Waals surface area contributed by atoms with E-state index in [0.29, 0.717) is 43.5 Å². The highest BCUT2D eigenvalue weighted by atomic mass is 16.5. The monoisotopic (exact) mass is 631 g/mol. The molecule has 0 aliphatic carbocycles. The normalized spacial score (nSPS) is 15.3. The Bertz CT molecular complexity index is 926. The molecule has 8 nitrogen and oxygen atoms in total. The van der Waals surface area contributed by atoms with Crippen molar-refractivity contribution in [1.29, 1.82) is 0 Å². The number of ketones is 1. The second-order valence-corrected chi connectivity index (χ2v) is 12.5. The van der Waals surface area contributed by atoms with Crippen molar-refractivity contribution >= 4 is 17.6 Å². The van der Waals surface area contributed by atoms with E-state index in [2.05, 4.69) is 61.2 Å². The topological polar surface area (TPSA) is 73.4 Å². The Morgan fingerprint density at radius 3 is 1.38 bits per heavy atom. The fourth-order valence-corrected chi connectivity index (χ4v) is 4.76. The molecule has 2 rings (SSSR count). The lowest BCUT2D eigenvalue weighted by Crippen LogP contribution is -2.48. The van der Waals surface area contributed by atoms with Crippen LogP contribution in [0.25, 0.3) is 0 Å². The molecule has 0 aromatic carbocycles. The van der Waals surface area contributed by atoms with E-state index in [9.17, 15) is 14.4 Å². The smallest absolute Gasteiger partial charge is 0.222 e. The summed E-state index contributed by atoms with van der Waals surface area (Å²) in [5.74, 6) is 14.6. The molecule has 0 spiro atoms. The number of methoxy groups -OCH3 is 1. The highest BCUT2D eigenvalue weighted by Gasteiger charge is 2.21. The van der Waals surface area contributed by atoms with Crippen LogP contribution in [0.4, 0.5) is 0 Å². The SMILES string of the molecule is CC.CC(C)C#CCN1CCN(C(=O)CCCCCC(=O)C(C)C)CC1.COCCCC(=O)N1CCN(CC#CC(C)C)CC1. The average molecular weight is 631 g/mol. The van der Waals surface area contributed by atoms with Gasteiger partial charge in [0.2, 0.25) is 11.8 Å². The Labute approximate surface area is 277 Å². The van der Waals surface area contributed by atoms with Crippen LogP contribution in [0.2, 0.25) is 0 Å². The zero-order valence-corrected chi connectivity index (χ0v) is 30.4. The number of hydrogen-bond acceptors (Lipinski definition) is 6. The van der Waals surface area contributed by atoms with E-state index in [1.165, 1.54) is 0 Å². The van der Waals surface area contributed by atoms with Gasteiger partial charge in [0.25, 0.3) is 0 Å². The molecule has 0 unspecified atom stereocenters. The van der Waals surface area contributed by atoms with Gasteiger partial charge in [-0.1, -0.05) is 85.5 Å². The van der Waals surface area contributed by atoms with Gasteiger partial charge in [0, 0.05) is 103 Å². The van der Waals surface area contributed by atoms with Crippen molar-refractivity contribution in [3.63, 3.8) is 0 Å². The molecule has 0 saturated carbocycles. The molecular weight excluding hydrogens is 564 g/mol. The van der Waals surface area contributed by atoms with Crippen molar-refractivity contribution in [2.24, 2.45) is 17.8 Å². The maximum absolute atomic E-state index is 12.2. The number of carbonyl (C=O) groups excluding carboxylic acids is 3. The standard InChI is InChI=1S/C20H34N2O2.C15H26N2O2.C2H6/c1-17(2)9-8-12-21-13-15-22(16-14-21)20(24)11-7-5-6-10-19(23)18(3)4;1-14(2)6-4-8-16-9-11-17(12-10-16)15(18)7-5-13-19-3;1-2/h17-18H,5-7,10-16H2,1-4H3;14H,5,7-13H2,1-3H3;1-2H3. The fraction of sp³-hybridized carbons (Fsp3) is 0.811. The number of piperazine rings is 2. The van der Waals surface area contributed by atoms with E-state index in [1.807, 2.05) is 37.5 Å². The maximum Gasteiger partial charge on any atom is 0.222 e. The summed E-state index contributed by atoms with van der Waals surface area (Å²) in [7, 11) is 1.67. The minimum Gasteiger partial charge on any atom is -0.385 e. The van der Waals surface area contributed by atoms with Crippen LogP contribution in [0.5, 0.6) is 0 Å². The highest BCUT2D eigenvalue weighted by molar-refractivity contribution is 5.80. The molecule has 2 saturated heterocycles. The number of ether oxygens (including phenoxy) is 1. The number of unbranched alkanes of at least 4 members (excludes halogenated alkanes) is 2. The lowest BCUT2D eigenvalue weighted by molar-refractivity contribution is -0.133. The molecule has 2 heterocycles. The summed E-state index contributed by atoms with van der Waals surface area (Å²) in [5.41, 5.74) is 0. The molecule has 0 aromatic rings. The van der Waals surface area contributed by atoms with Gasteiger partial charge < -0.3 is 14.5 Å². The zero-order chi connectivity index (χ0) is 34.0. The molecule has 0 atom stereocenters. The Balaban J connectivity index is 0.000000835. The number of amides is 2. The Hall–Kier alpha value is -2.39. The Morgan fingerprint density at radius 2 is 1.00 bits per heavy atom. The fourth-order valence-electron chi connectivity index (χ4n) is 4.76. The molecule has 0 N–H and O–H groups in total. The predicted octanol–water partition coefficient (Wildman–Crippen LogP) is 5.21. The first kappa shape index (κ1) is 42.6. The first-order chi connectivity index (χ1) is 21.5. The second kappa shape index (κ2) is 26.8. The lowest BCUT2D eigenvalue weighted by Gasteiger charge is -2.33. The van der Waals surface area contributed by atoms with Crippen molar-refractivity contribution < 1.29 is 19.1 Å². The van der Waals surface area contributed by atoms with E-state index < -0.39 is 0 Å². The molecule has 0 aromatic heterocycles. The number of nitrogens with zero attached hydrogens (tertiary/aromatic N) is 4. The van der Waals surface area contributed by atoms with Gasteiger partial charge in [-0.25, -0.2) is 0 Å². The molecular formula is C37H66N4O4. The highest BCUT2D eigenvalue weighted by Crippen LogP contribution is 2.11. The third kappa shape index (κ3) is 21.9. The summed E-state index contributed by atoms with van der Waals surface area (Å²) < 4.78 is 4.97. The number of Topliss-reactive ketones (excluding diaryl/α,β-unsaturated/α-hetero) is 1. The van der Waals surface area contributed by atoms with E-state index in [1.54, 1.807) is 7.11 Å². The summed E-state index contributed by atoms with van der Waals surface area (Å²) in [5, 5.41) is 0. The summed E-state index contributed by atoms with van der Waals surface area (Å²) in [4.78, 5) is 44.2. The van der Waals surface area contributed by atoms with E-state index in [4.69, 9.17) is 4.74 Å². The molecule has 0 bridgehead atoms. The Morgan fingerprint density at radius 1 is 0.600 bits per heavy atom. The quantitative estimate of drug-likeness (QED) is 0.206. The summed E-state index contributed by atoms with van der Waals surface area (Å²) >= 11 is 0. The summed E-state index contributed by atoms with van der Waals surface area (Å²) in [6, 6.07) is 0. The zero-order valence-electron chi connectivity index (χ0n) is 30.4. The first-order valence-electron chi connectivity index (χ1n) is 17.5. The van der Waals surface area contributed by atoms with Gasteiger partial charge in [-0.05, 0) is 19.3 Å². The van der Waals surface area contributed by atoms with Gasteiger partial charge in [0.15, 0.2) is 0 Å². The molecule has 2 aliphatic rings. The van der Waals surface area contributed by atoms with Crippen molar-refractivity contribution in [2.45, 2.75) is 100 Å². The lowest BCUT2D eigenvalue weighted by atomic mass is 10.0. The van der Waals surface area contributed by atoms with Crippen molar-refractivity contribution in [3.8, 4) is 23.7 Å². The van der Waals surface area contributed by atoms with Gasteiger partial charge in [-0.3, -0.25) is 24.2 Å². The summed E-state index contributed by atoms with van der Waals surface area (Å²) in [6.07, 6.45) is 5.45. The molecule has 2 fully saturated rings. The van der Waals surface area contributed by atoms with Crippen LogP contribution < -0.4 is 0 Å². The van der Waals surface area contributed by atoms with Crippen molar-refractivity contribution in [2.75, 3.05) is 79.2 Å². The largest absolute Gasteiger partial charge is 0.385 e. The second-order valence-electron chi connectivity index (χ2n) is 12.5. The van der Waals surface area contributed by atoms with Gasteiger partial charge >= 0.3 is 0 Å². The van der Waals surface area contributed by atoms with Gasteiger partial charge in [-0.15, -0.1) is 0 Å². The molecule has 8 heteroatoms. The maximum atomic E-state index is 12.2. The Kier molecular flexibility index (Phi) is 25.4. The third-order valence-electron chi connectivity index (χ3n) is 7.53. The van der Waals surface area contributed by atoms with E-state index in [0.717, 1.165) is 91.1 Å². The average Bonchev–Trinajstić information content (AvgIpc) is 3.02. The number of carbonyl (C=O) groups is 3. The predicted molar refractivity (Wildman–Crippen MR) is 187 cm³/mol. The van der Waals surface area contributed by atoms with E-state index >= 15 is 0 Å². The van der Waals surface area contributed by atoms with Crippen LogP contribution in [0.3, 0.4) is 0 Å². The van der Waals surface area contributed by atoms with Gasteiger partial charge in [0.1, 0.15) is 5.78 Å². The van der Waals surface area contributed by atoms with Gasteiger partial charge in [0.05, 0.1) is 13.1 Å². The van der Waals surface area contributed by atoms with Crippen molar-refractivity contribution in [3.05, 3.63) is 0 Å². The third-order valence-corrected chi connectivity index (χ3v) is 7.53. The minimum absolute atomic E-state index is 0.133. The van der Waals surface area contributed by atoms with Crippen LogP contribution in [-0.2, 0) is 19.1 Å². The van der Waals surface area contributed by atoms with Gasteiger partial charge in [-0.2, -0.15) is 0 Å². The van der Waals surface area contributed by atoms with Crippen LogP contribution >= 0.6 is 0 Å². The number of hydrogen-bond donors (Lipinski definition) is 0. The molecule has 2 amide bonds. The van der Waals surface area contributed by atoms with Crippen LogP contribution in [0.15, 0.2) is 0 Å². The minimum atomic E-state index is 0.133.